The number of nitrogens with zero attached hydrogens (tertiary/aromatic N) is 3. The van der Waals surface area contributed by atoms with Crippen LogP contribution in [0.25, 0.3) is 0 Å². The van der Waals surface area contributed by atoms with E-state index in [1.165, 1.54) is 10.5 Å². The van der Waals surface area contributed by atoms with Crippen molar-refractivity contribution < 1.29 is 8.42 Å². The van der Waals surface area contributed by atoms with E-state index in [9.17, 15) is 8.42 Å². The molecule has 0 aromatic carbocycles. The molecule has 2 rings (SSSR count). The first-order valence-corrected chi connectivity index (χ1v) is 8.80. The molecule has 2 heterocycles. The minimum atomic E-state index is -3.51. The summed E-state index contributed by atoms with van der Waals surface area (Å²) in [4.78, 5) is 2.32. The minimum absolute atomic E-state index is 0.129. The van der Waals surface area contributed by atoms with Gasteiger partial charge in [0.15, 0.2) is 5.03 Å². The lowest BCUT2D eigenvalue weighted by Gasteiger charge is -2.36. The smallest absolute Gasteiger partial charge is 0.260 e. The summed E-state index contributed by atoms with van der Waals surface area (Å²) in [5, 5.41) is 6.48. The number of rotatable bonds is 5. The summed E-state index contributed by atoms with van der Waals surface area (Å²) in [6.07, 6.45) is 2.54. The second kappa shape index (κ2) is 6.43. The Bertz CT molecular complexity index is 537. The molecule has 0 radical (unpaired) electrons. The van der Waals surface area contributed by atoms with Crippen molar-refractivity contribution in [1.82, 2.24) is 19.4 Å². The molecule has 1 aliphatic rings. The predicted octanol–water partition coefficient (Wildman–Crippen LogP) is 1.25. The van der Waals surface area contributed by atoms with E-state index in [-0.39, 0.29) is 10.9 Å². The van der Waals surface area contributed by atoms with Crippen LogP contribution in [0.2, 0.25) is 0 Å². The average molecular weight is 321 g/mol. The zero-order chi connectivity index (χ0) is 14.8. The third-order valence-corrected chi connectivity index (χ3v) is 6.11. The predicted molar refractivity (Wildman–Crippen MR) is 78.2 cm³/mol. The number of aromatic nitrogens is 2. The molecule has 1 aromatic heterocycles. The molecule has 0 saturated carbocycles. The highest BCUT2D eigenvalue weighted by Crippen LogP contribution is 2.21. The molecule has 1 aliphatic heterocycles. The van der Waals surface area contributed by atoms with Crippen LogP contribution in [-0.2, 0) is 15.9 Å². The van der Waals surface area contributed by atoms with E-state index in [1.54, 1.807) is 0 Å². The van der Waals surface area contributed by atoms with Crippen molar-refractivity contribution in [3.05, 3.63) is 11.8 Å². The molecular formula is C12H21ClN4O2S. The van der Waals surface area contributed by atoms with E-state index in [0.717, 1.165) is 19.5 Å². The van der Waals surface area contributed by atoms with Crippen LogP contribution in [0.15, 0.2) is 11.2 Å². The number of aromatic amines is 1. The van der Waals surface area contributed by atoms with E-state index in [4.69, 9.17) is 11.6 Å². The minimum Gasteiger partial charge on any atom is -0.298 e. The van der Waals surface area contributed by atoms with Crippen molar-refractivity contribution in [2.45, 2.75) is 37.2 Å². The highest BCUT2D eigenvalue weighted by molar-refractivity contribution is 7.89. The van der Waals surface area contributed by atoms with Gasteiger partial charge in [-0.25, -0.2) is 8.42 Å². The van der Waals surface area contributed by atoms with Gasteiger partial charge in [-0.3, -0.25) is 10.00 Å². The van der Waals surface area contributed by atoms with Crippen molar-refractivity contribution in [3.8, 4) is 0 Å². The first-order chi connectivity index (χ1) is 9.50. The van der Waals surface area contributed by atoms with E-state index in [1.807, 2.05) is 0 Å². The largest absolute Gasteiger partial charge is 0.298 e. The fourth-order valence-corrected chi connectivity index (χ4v) is 4.20. The van der Waals surface area contributed by atoms with Crippen molar-refractivity contribution in [2.24, 2.45) is 0 Å². The lowest BCUT2D eigenvalue weighted by molar-refractivity contribution is 0.142. The molecule has 1 N–H and O–H groups in total. The van der Waals surface area contributed by atoms with Crippen LogP contribution in [0.1, 0.15) is 25.8 Å². The Balaban J connectivity index is 2.10. The maximum atomic E-state index is 12.6. The number of H-pyrrole nitrogens is 1. The van der Waals surface area contributed by atoms with Gasteiger partial charge in [-0.2, -0.15) is 9.40 Å². The van der Waals surface area contributed by atoms with E-state index < -0.39 is 10.0 Å². The Morgan fingerprint density at radius 2 is 2.05 bits per heavy atom. The standard InChI is InChI=1S/C12H21ClN4O2S/c1-3-10(2)16-4-6-17(7-5-16)20(18,19)12-11(8-13)9-14-15-12/h9-10H,3-8H2,1-2H3,(H,14,15). The van der Waals surface area contributed by atoms with Gasteiger partial charge in [0.25, 0.3) is 10.0 Å². The van der Waals surface area contributed by atoms with Crippen LogP contribution in [0.5, 0.6) is 0 Å². The van der Waals surface area contributed by atoms with Crippen molar-refractivity contribution in [3.63, 3.8) is 0 Å². The average Bonchev–Trinajstić information content (AvgIpc) is 2.95. The number of hydrogen-bond acceptors (Lipinski definition) is 4. The van der Waals surface area contributed by atoms with Gasteiger partial charge in [0.05, 0.1) is 12.1 Å². The molecule has 1 saturated heterocycles. The highest BCUT2D eigenvalue weighted by Gasteiger charge is 2.32. The summed E-state index contributed by atoms with van der Waals surface area (Å²) in [6, 6.07) is 0.491. The fourth-order valence-electron chi connectivity index (χ4n) is 2.39. The second-order valence-corrected chi connectivity index (χ2v) is 7.20. The number of piperazine rings is 1. The number of sulfonamides is 1. The second-order valence-electron chi connectivity index (χ2n) is 5.06. The molecule has 0 aliphatic carbocycles. The Kier molecular flexibility index (Phi) is 5.06. The summed E-state index contributed by atoms with van der Waals surface area (Å²) in [5.74, 6) is 0.137. The number of hydrogen-bond donors (Lipinski definition) is 1. The lowest BCUT2D eigenvalue weighted by Crippen LogP contribution is -2.51. The Morgan fingerprint density at radius 1 is 1.40 bits per heavy atom. The normalized spacial score (nSPS) is 20.1. The van der Waals surface area contributed by atoms with E-state index in [2.05, 4.69) is 28.9 Å². The Hall–Kier alpha value is -0.630. The van der Waals surface area contributed by atoms with Crippen molar-refractivity contribution >= 4 is 21.6 Å². The van der Waals surface area contributed by atoms with Gasteiger partial charge >= 0.3 is 0 Å². The maximum Gasteiger partial charge on any atom is 0.260 e. The van der Waals surface area contributed by atoms with Gasteiger partial charge in [0, 0.05) is 37.8 Å². The Labute approximate surface area is 125 Å². The monoisotopic (exact) mass is 320 g/mol. The zero-order valence-corrected chi connectivity index (χ0v) is 13.4. The third-order valence-electron chi connectivity index (χ3n) is 3.91. The summed E-state index contributed by atoms with van der Waals surface area (Å²) in [5.41, 5.74) is 0.524. The van der Waals surface area contributed by atoms with Crippen LogP contribution in [0, 0.1) is 0 Å². The molecule has 1 atom stereocenters. The molecule has 20 heavy (non-hydrogen) atoms. The van der Waals surface area contributed by atoms with Gasteiger partial charge in [0.1, 0.15) is 0 Å². The number of nitrogens with one attached hydrogen (secondary N) is 1. The Morgan fingerprint density at radius 3 is 2.60 bits per heavy atom. The maximum absolute atomic E-state index is 12.6. The first-order valence-electron chi connectivity index (χ1n) is 6.83. The molecule has 1 fully saturated rings. The van der Waals surface area contributed by atoms with Crippen LogP contribution < -0.4 is 0 Å². The molecule has 0 bridgehead atoms. The van der Waals surface area contributed by atoms with Crippen LogP contribution in [0.3, 0.4) is 0 Å². The number of halogens is 1. The molecule has 1 unspecified atom stereocenters. The SMILES string of the molecule is CCC(C)N1CCN(S(=O)(=O)c2[nH]ncc2CCl)CC1. The third kappa shape index (κ3) is 3.00. The lowest BCUT2D eigenvalue weighted by atomic mass is 10.2. The quantitative estimate of drug-likeness (QED) is 0.829. The summed E-state index contributed by atoms with van der Waals surface area (Å²) >= 11 is 5.75. The molecule has 1 aromatic rings. The van der Waals surface area contributed by atoms with Gasteiger partial charge in [0.2, 0.25) is 0 Å². The van der Waals surface area contributed by atoms with Crippen molar-refractivity contribution in [1.29, 1.82) is 0 Å². The molecule has 6 nitrogen and oxygen atoms in total. The molecular weight excluding hydrogens is 300 g/mol. The fraction of sp³-hybridized carbons (Fsp3) is 0.750. The van der Waals surface area contributed by atoms with Crippen molar-refractivity contribution in [2.75, 3.05) is 26.2 Å². The van der Waals surface area contributed by atoms with E-state index >= 15 is 0 Å². The van der Waals surface area contributed by atoms with Crippen LogP contribution in [0.4, 0.5) is 0 Å². The topological polar surface area (TPSA) is 69.3 Å². The van der Waals surface area contributed by atoms with Crippen LogP contribution in [-0.4, -0.2) is 60.0 Å². The molecule has 8 heteroatoms. The highest BCUT2D eigenvalue weighted by atomic mass is 35.5. The van der Waals surface area contributed by atoms with E-state index in [0.29, 0.717) is 24.7 Å². The van der Waals surface area contributed by atoms with Gasteiger partial charge in [-0.15, -0.1) is 11.6 Å². The molecule has 0 spiro atoms. The molecule has 0 amide bonds. The van der Waals surface area contributed by atoms with Gasteiger partial charge in [-0.1, -0.05) is 6.92 Å². The summed E-state index contributed by atoms with van der Waals surface area (Å²) < 4.78 is 26.6. The zero-order valence-electron chi connectivity index (χ0n) is 11.8. The van der Waals surface area contributed by atoms with Gasteiger partial charge < -0.3 is 0 Å². The van der Waals surface area contributed by atoms with Gasteiger partial charge in [-0.05, 0) is 13.3 Å². The first kappa shape index (κ1) is 15.8. The van der Waals surface area contributed by atoms with Crippen LogP contribution >= 0.6 is 11.6 Å². The summed E-state index contributed by atoms with van der Waals surface area (Å²) in [7, 11) is -3.51. The molecule has 114 valence electrons. The number of alkyl halides is 1. The summed E-state index contributed by atoms with van der Waals surface area (Å²) in [6.45, 7) is 6.85.